The fourth-order valence-corrected chi connectivity index (χ4v) is 2.21. The fraction of sp³-hybridized carbons (Fsp3) is 0.750. The van der Waals surface area contributed by atoms with Crippen LogP contribution in [0.5, 0.6) is 0 Å². The van der Waals surface area contributed by atoms with Gasteiger partial charge < -0.3 is 5.32 Å². The van der Waals surface area contributed by atoms with E-state index in [0.717, 1.165) is 18.1 Å². The molecule has 0 radical (unpaired) electrons. The summed E-state index contributed by atoms with van der Waals surface area (Å²) in [5.74, 6) is 1.61. The number of hydrogen-bond acceptors (Lipinski definition) is 3. The molecule has 1 aromatic rings. The van der Waals surface area contributed by atoms with Gasteiger partial charge in [0.1, 0.15) is 16.8 Å². The summed E-state index contributed by atoms with van der Waals surface area (Å²) in [6.45, 7) is 10.7. The average molecular weight is 298 g/mol. The molecule has 1 aromatic heterocycles. The van der Waals surface area contributed by atoms with E-state index in [0.29, 0.717) is 11.2 Å². The summed E-state index contributed by atoms with van der Waals surface area (Å²) in [5, 5.41) is 3.94. The van der Waals surface area contributed by atoms with Crippen LogP contribution in [0.3, 0.4) is 0 Å². The van der Waals surface area contributed by atoms with Crippen molar-refractivity contribution in [2.75, 3.05) is 5.32 Å². The quantitative estimate of drug-likeness (QED) is 0.555. The van der Waals surface area contributed by atoms with E-state index in [4.69, 9.17) is 11.6 Å². The average Bonchev–Trinajstić information content (AvgIpc) is 2.33. The zero-order chi connectivity index (χ0) is 15.2. The molecule has 0 bridgehead atoms. The molecule has 1 N–H and O–H groups in total. The van der Waals surface area contributed by atoms with Gasteiger partial charge in [0.05, 0.1) is 0 Å². The molecule has 1 atom stereocenters. The Balaban J connectivity index is 2.61. The third-order valence-electron chi connectivity index (χ3n) is 3.25. The molecule has 0 amide bonds. The zero-order valence-corrected chi connectivity index (χ0v) is 14.2. The predicted molar refractivity (Wildman–Crippen MR) is 87.6 cm³/mol. The van der Waals surface area contributed by atoms with E-state index < -0.39 is 0 Å². The standard InChI is InChI=1S/C16H28ClN3/c1-6-7-8-9-10-12(2)18-14-11-13(17)19-15(20-14)16(3,4)5/h11-12H,6-10H2,1-5H3,(H,18,19,20). The number of hydrogen-bond donors (Lipinski definition) is 1. The van der Waals surface area contributed by atoms with Crippen molar-refractivity contribution in [1.29, 1.82) is 0 Å². The number of rotatable bonds is 7. The van der Waals surface area contributed by atoms with Crippen LogP contribution in [0.2, 0.25) is 5.15 Å². The van der Waals surface area contributed by atoms with Crippen molar-refractivity contribution in [1.82, 2.24) is 9.97 Å². The Morgan fingerprint density at radius 2 is 1.90 bits per heavy atom. The Morgan fingerprint density at radius 1 is 1.20 bits per heavy atom. The molecule has 0 saturated carbocycles. The number of nitrogens with one attached hydrogen (secondary N) is 1. The lowest BCUT2D eigenvalue weighted by molar-refractivity contribution is 0.544. The summed E-state index contributed by atoms with van der Waals surface area (Å²) in [6.07, 6.45) is 6.32. The summed E-state index contributed by atoms with van der Waals surface area (Å²) < 4.78 is 0. The minimum atomic E-state index is -0.0916. The Morgan fingerprint density at radius 3 is 2.50 bits per heavy atom. The molecular weight excluding hydrogens is 270 g/mol. The topological polar surface area (TPSA) is 37.8 Å². The molecule has 0 saturated heterocycles. The van der Waals surface area contributed by atoms with Crippen LogP contribution < -0.4 is 5.32 Å². The third-order valence-corrected chi connectivity index (χ3v) is 3.44. The Hall–Kier alpha value is -0.830. The first-order chi connectivity index (χ1) is 9.32. The van der Waals surface area contributed by atoms with Crippen LogP contribution >= 0.6 is 11.6 Å². The van der Waals surface area contributed by atoms with Crippen LogP contribution in [0, 0.1) is 0 Å². The minimum Gasteiger partial charge on any atom is -0.367 e. The van der Waals surface area contributed by atoms with Crippen molar-refractivity contribution in [3.05, 3.63) is 17.0 Å². The molecule has 3 nitrogen and oxygen atoms in total. The van der Waals surface area contributed by atoms with E-state index in [1.54, 1.807) is 6.07 Å². The molecule has 1 rings (SSSR count). The number of nitrogens with zero attached hydrogens (tertiary/aromatic N) is 2. The van der Waals surface area contributed by atoms with E-state index in [2.05, 4.69) is 49.9 Å². The molecule has 0 aromatic carbocycles. The summed E-state index contributed by atoms with van der Waals surface area (Å²) in [6, 6.07) is 2.21. The first-order valence-electron chi connectivity index (χ1n) is 7.64. The highest BCUT2D eigenvalue weighted by atomic mass is 35.5. The monoisotopic (exact) mass is 297 g/mol. The van der Waals surface area contributed by atoms with Crippen LogP contribution in [0.4, 0.5) is 5.82 Å². The van der Waals surface area contributed by atoms with Gasteiger partial charge in [-0.3, -0.25) is 0 Å². The summed E-state index contributed by atoms with van der Waals surface area (Å²) in [5.41, 5.74) is -0.0916. The van der Waals surface area contributed by atoms with Gasteiger partial charge >= 0.3 is 0 Å². The largest absolute Gasteiger partial charge is 0.367 e. The second kappa shape index (κ2) is 7.82. The maximum absolute atomic E-state index is 6.09. The van der Waals surface area contributed by atoms with E-state index in [1.165, 1.54) is 25.7 Å². The van der Waals surface area contributed by atoms with E-state index >= 15 is 0 Å². The molecule has 0 aliphatic carbocycles. The first-order valence-corrected chi connectivity index (χ1v) is 8.02. The lowest BCUT2D eigenvalue weighted by atomic mass is 9.96. The van der Waals surface area contributed by atoms with Crippen LogP contribution in [-0.2, 0) is 5.41 Å². The van der Waals surface area contributed by atoms with Crippen molar-refractivity contribution in [2.45, 2.75) is 78.2 Å². The van der Waals surface area contributed by atoms with Crippen molar-refractivity contribution < 1.29 is 0 Å². The van der Waals surface area contributed by atoms with Crippen molar-refractivity contribution in [3.63, 3.8) is 0 Å². The first kappa shape index (κ1) is 17.2. The third kappa shape index (κ3) is 6.08. The van der Waals surface area contributed by atoms with Crippen LogP contribution in [0.15, 0.2) is 6.07 Å². The summed E-state index contributed by atoms with van der Waals surface area (Å²) in [7, 11) is 0. The summed E-state index contributed by atoms with van der Waals surface area (Å²) >= 11 is 6.09. The number of unbranched alkanes of at least 4 members (excludes halogenated alkanes) is 3. The number of halogens is 1. The zero-order valence-electron chi connectivity index (χ0n) is 13.5. The van der Waals surface area contributed by atoms with Crippen LogP contribution in [0.25, 0.3) is 0 Å². The maximum Gasteiger partial charge on any atom is 0.137 e. The molecule has 20 heavy (non-hydrogen) atoms. The lowest BCUT2D eigenvalue weighted by Gasteiger charge is -2.19. The normalized spacial score (nSPS) is 13.3. The highest BCUT2D eigenvalue weighted by Gasteiger charge is 2.19. The number of aromatic nitrogens is 2. The second-order valence-electron chi connectivity index (χ2n) is 6.54. The minimum absolute atomic E-state index is 0.0916. The Kier molecular flexibility index (Phi) is 6.74. The smallest absolute Gasteiger partial charge is 0.137 e. The fourth-order valence-electron chi connectivity index (χ4n) is 2.03. The molecule has 0 spiro atoms. The molecule has 1 heterocycles. The van der Waals surface area contributed by atoms with Gasteiger partial charge in [-0.05, 0) is 13.3 Å². The van der Waals surface area contributed by atoms with Crippen LogP contribution in [0.1, 0.15) is 72.5 Å². The second-order valence-corrected chi connectivity index (χ2v) is 6.93. The molecule has 0 fully saturated rings. The molecule has 114 valence electrons. The maximum atomic E-state index is 6.09. The van der Waals surface area contributed by atoms with Gasteiger partial charge in [0.2, 0.25) is 0 Å². The van der Waals surface area contributed by atoms with Crippen molar-refractivity contribution in [3.8, 4) is 0 Å². The van der Waals surface area contributed by atoms with Crippen LogP contribution in [-0.4, -0.2) is 16.0 Å². The van der Waals surface area contributed by atoms with Gasteiger partial charge in [0.15, 0.2) is 0 Å². The highest BCUT2D eigenvalue weighted by molar-refractivity contribution is 6.29. The lowest BCUT2D eigenvalue weighted by Crippen LogP contribution is -2.20. The molecule has 1 unspecified atom stereocenters. The predicted octanol–water partition coefficient (Wildman–Crippen LogP) is 5.20. The SMILES string of the molecule is CCCCCCC(C)Nc1cc(Cl)nc(C(C)(C)C)n1. The highest BCUT2D eigenvalue weighted by Crippen LogP contribution is 2.22. The Labute approximate surface area is 128 Å². The van der Waals surface area contributed by atoms with E-state index in [9.17, 15) is 0 Å². The molecule has 0 aliphatic heterocycles. The van der Waals surface area contributed by atoms with Gasteiger partial charge in [0.25, 0.3) is 0 Å². The summed E-state index contributed by atoms with van der Waals surface area (Å²) in [4.78, 5) is 8.90. The molecule has 4 heteroatoms. The van der Waals surface area contributed by atoms with Gasteiger partial charge in [-0.2, -0.15) is 0 Å². The molecule has 0 aliphatic rings. The van der Waals surface area contributed by atoms with Gasteiger partial charge in [-0.1, -0.05) is 65.0 Å². The van der Waals surface area contributed by atoms with Gasteiger partial charge in [-0.25, -0.2) is 9.97 Å². The number of anilines is 1. The van der Waals surface area contributed by atoms with Crippen molar-refractivity contribution in [2.24, 2.45) is 0 Å². The molecular formula is C16H28ClN3. The van der Waals surface area contributed by atoms with Gasteiger partial charge in [-0.15, -0.1) is 0 Å². The van der Waals surface area contributed by atoms with Gasteiger partial charge in [0, 0.05) is 17.5 Å². The van der Waals surface area contributed by atoms with E-state index in [-0.39, 0.29) is 5.41 Å². The van der Waals surface area contributed by atoms with E-state index in [1.807, 2.05) is 0 Å². The van der Waals surface area contributed by atoms with Crippen molar-refractivity contribution >= 4 is 17.4 Å². The Bertz CT molecular complexity index is 413.